The van der Waals surface area contributed by atoms with Crippen molar-refractivity contribution in [3.05, 3.63) is 18.0 Å². The molecule has 0 spiro atoms. The normalized spacial score (nSPS) is 27.4. The van der Waals surface area contributed by atoms with E-state index in [1.807, 2.05) is 19.9 Å². The first-order chi connectivity index (χ1) is 9.13. The van der Waals surface area contributed by atoms with Crippen LogP contribution >= 0.6 is 0 Å². The fourth-order valence-corrected chi connectivity index (χ4v) is 2.95. The van der Waals surface area contributed by atoms with Crippen LogP contribution in [0.25, 0.3) is 0 Å². The zero-order valence-corrected chi connectivity index (χ0v) is 12.2. The minimum Gasteiger partial charge on any atom is -0.367 e. The van der Waals surface area contributed by atoms with E-state index in [1.54, 1.807) is 10.9 Å². The molecule has 0 amide bonds. The molecule has 2 rings (SSSR count). The van der Waals surface area contributed by atoms with Crippen molar-refractivity contribution in [3.8, 4) is 0 Å². The van der Waals surface area contributed by atoms with E-state index in [9.17, 15) is 4.79 Å². The smallest absolute Gasteiger partial charge is 0.212 e. The number of Topliss-reactive ketones (excluding diaryl/α,β-unsaturated/α-hetero) is 1. The summed E-state index contributed by atoms with van der Waals surface area (Å²) in [6.45, 7) is 7.51. The lowest BCUT2D eigenvalue weighted by Gasteiger charge is -2.37. The van der Waals surface area contributed by atoms with Gasteiger partial charge < -0.3 is 4.74 Å². The van der Waals surface area contributed by atoms with Crippen molar-refractivity contribution in [1.82, 2.24) is 9.78 Å². The maximum absolute atomic E-state index is 12.9. The minimum atomic E-state index is -0.617. The molecule has 106 valence electrons. The third-order valence-corrected chi connectivity index (χ3v) is 4.17. The van der Waals surface area contributed by atoms with E-state index in [4.69, 9.17) is 4.74 Å². The van der Waals surface area contributed by atoms with E-state index in [-0.39, 0.29) is 5.78 Å². The van der Waals surface area contributed by atoms with Gasteiger partial charge in [-0.15, -0.1) is 0 Å². The largest absolute Gasteiger partial charge is 0.367 e. The number of carbonyl (C=O) groups excluding carboxylic acids is 1. The van der Waals surface area contributed by atoms with Gasteiger partial charge in [-0.1, -0.05) is 6.92 Å². The standard InChI is InChI=1S/C15H24N2O2/c1-4-17-13(8-11-16-17)14(18)15(19-5-2)9-6-12(3)7-10-15/h8,11-12H,4-7,9-10H2,1-3H3. The van der Waals surface area contributed by atoms with Gasteiger partial charge in [-0.25, -0.2) is 0 Å². The third-order valence-electron chi connectivity index (χ3n) is 4.17. The van der Waals surface area contributed by atoms with Crippen molar-refractivity contribution in [2.75, 3.05) is 6.61 Å². The van der Waals surface area contributed by atoms with Crippen molar-refractivity contribution < 1.29 is 9.53 Å². The summed E-state index contributed by atoms with van der Waals surface area (Å²) >= 11 is 0. The highest BCUT2D eigenvalue weighted by Gasteiger charge is 2.43. The highest BCUT2D eigenvalue weighted by atomic mass is 16.5. The van der Waals surface area contributed by atoms with Crippen LogP contribution in [0, 0.1) is 5.92 Å². The molecule has 0 bridgehead atoms. The van der Waals surface area contributed by atoms with Gasteiger partial charge in [0, 0.05) is 19.3 Å². The number of aromatic nitrogens is 2. The molecule has 19 heavy (non-hydrogen) atoms. The molecule has 4 heteroatoms. The molecule has 0 atom stereocenters. The summed E-state index contributed by atoms with van der Waals surface area (Å²) in [4.78, 5) is 12.9. The molecule has 0 aromatic carbocycles. The molecule has 1 aliphatic carbocycles. The lowest BCUT2D eigenvalue weighted by atomic mass is 9.76. The van der Waals surface area contributed by atoms with E-state index < -0.39 is 5.60 Å². The Kier molecular flexibility index (Phi) is 4.40. The average molecular weight is 264 g/mol. The van der Waals surface area contributed by atoms with Crippen molar-refractivity contribution in [1.29, 1.82) is 0 Å². The summed E-state index contributed by atoms with van der Waals surface area (Å²) in [7, 11) is 0. The van der Waals surface area contributed by atoms with Gasteiger partial charge in [-0.2, -0.15) is 5.10 Å². The molecule has 1 aromatic heterocycles. The summed E-state index contributed by atoms with van der Waals surface area (Å²) in [6.07, 6.45) is 5.48. The average Bonchev–Trinajstić information content (AvgIpc) is 2.89. The van der Waals surface area contributed by atoms with E-state index in [0.717, 1.165) is 25.7 Å². The molecule has 0 saturated heterocycles. The summed E-state index contributed by atoms with van der Waals surface area (Å²) < 4.78 is 7.68. The van der Waals surface area contributed by atoms with Gasteiger partial charge in [-0.05, 0) is 51.5 Å². The summed E-state index contributed by atoms with van der Waals surface area (Å²) in [5, 5.41) is 4.20. The fraction of sp³-hybridized carbons (Fsp3) is 0.733. The number of rotatable bonds is 5. The second-order valence-electron chi connectivity index (χ2n) is 5.47. The van der Waals surface area contributed by atoms with E-state index >= 15 is 0 Å². The number of hydrogen-bond donors (Lipinski definition) is 0. The Morgan fingerprint density at radius 1 is 1.47 bits per heavy atom. The number of aryl methyl sites for hydroxylation is 1. The van der Waals surface area contributed by atoms with E-state index in [0.29, 0.717) is 24.8 Å². The SMILES string of the molecule is CCOC1(C(=O)c2ccnn2CC)CCC(C)CC1. The van der Waals surface area contributed by atoms with Crippen LogP contribution in [0.2, 0.25) is 0 Å². The number of nitrogens with zero attached hydrogens (tertiary/aromatic N) is 2. The second-order valence-corrected chi connectivity index (χ2v) is 5.47. The molecule has 0 N–H and O–H groups in total. The molecule has 0 radical (unpaired) electrons. The van der Waals surface area contributed by atoms with Gasteiger partial charge >= 0.3 is 0 Å². The summed E-state index contributed by atoms with van der Waals surface area (Å²) in [5.74, 6) is 0.804. The first-order valence-electron chi connectivity index (χ1n) is 7.33. The summed E-state index contributed by atoms with van der Waals surface area (Å²) in [5.41, 5.74) is 0.0688. The van der Waals surface area contributed by atoms with Gasteiger partial charge in [0.15, 0.2) is 0 Å². The molecule has 1 heterocycles. The van der Waals surface area contributed by atoms with Crippen LogP contribution in [-0.2, 0) is 11.3 Å². The van der Waals surface area contributed by atoms with Crippen LogP contribution in [-0.4, -0.2) is 27.8 Å². The zero-order chi connectivity index (χ0) is 13.9. The number of carbonyl (C=O) groups is 1. The highest BCUT2D eigenvalue weighted by molar-refractivity contribution is 6.01. The van der Waals surface area contributed by atoms with Crippen LogP contribution in [0.15, 0.2) is 12.3 Å². The lowest BCUT2D eigenvalue weighted by molar-refractivity contribution is -0.0479. The Morgan fingerprint density at radius 2 is 2.16 bits per heavy atom. The Morgan fingerprint density at radius 3 is 2.74 bits per heavy atom. The van der Waals surface area contributed by atoms with Crippen molar-refractivity contribution in [2.45, 2.75) is 58.6 Å². The Balaban J connectivity index is 2.26. The molecule has 4 nitrogen and oxygen atoms in total. The van der Waals surface area contributed by atoms with Gasteiger partial charge in [0.1, 0.15) is 11.3 Å². The Hall–Kier alpha value is -1.16. The predicted octanol–water partition coefficient (Wildman–Crippen LogP) is 3.07. The minimum absolute atomic E-state index is 0.112. The Bertz CT molecular complexity index is 431. The van der Waals surface area contributed by atoms with Crippen LogP contribution in [0.3, 0.4) is 0 Å². The first-order valence-corrected chi connectivity index (χ1v) is 7.33. The summed E-state index contributed by atoms with van der Waals surface area (Å²) in [6, 6.07) is 1.81. The topological polar surface area (TPSA) is 44.1 Å². The predicted molar refractivity (Wildman–Crippen MR) is 74.2 cm³/mol. The fourth-order valence-electron chi connectivity index (χ4n) is 2.95. The lowest BCUT2D eigenvalue weighted by Crippen LogP contribution is -2.45. The second kappa shape index (κ2) is 5.87. The molecule has 0 unspecified atom stereocenters. The Labute approximate surface area is 115 Å². The zero-order valence-electron chi connectivity index (χ0n) is 12.2. The molecule has 0 aliphatic heterocycles. The van der Waals surface area contributed by atoms with Gasteiger partial charge in [0.25, 0.3) is 0 Å². The van der Waals surface area contributed by atoms with Crippen LogP contribution < -0.4 is 0 Å². The number of ether oxygens (including phenoxy) is 1. The molecule has 1 saturated carbocycles. The third kappa shape index (κ3) is 2.73. The molecular formula is C15H24N2O2. The van der Waals surface area contributed by atoms with Gasteiger partial charge in [-0.3, -0.25) is 9.48 Å². The number of ketones is 1. The molecule has 1 aliphatic rings. The highest BCUT2D eigenvalue weighted by Crippen LogP contribution is 2.37. The molecule has 1 fully saturated rings. The van der Waals surface area contributed by atoms with Crippen molar-refractivity contribution in [3.63, 3.8) is 0 Å². The quantitative estimate of drug-likeness (QED) is 0.768. The van der Waals surface area contributed by atoms with Crippen molar-refractivity contribution in [2.24, 2.45) is 5.92 Å². The van der Waals surface area contributed by atoms with Gasteiger partial charge in [0.05, 0.1) is 0 Å². The van der Waals surface area contributed by atoms with Crippen LogP contribution in [0.1, 0.15) is 56.9 Å². The molecular weight excluding hydrogens is 240 g/mol. The van der Waals surface area contributed by atoms with Gasteiger partial charge in [0.2, 0.25) is 5.78 Å². The maximum atomic E-state index is 12.9. The van der Waals surface area contributed by atoms with E-state index in [2.05, 4.69) is 12.0 Å². The monoisotopic (exact) mass is 264 g/mol. The number of hydrogen-bond acceptors (Lipinski definition) is 3. The first kappa shape index (κ1) is 14.3. The van der Waals surface area contributed by atoms with Crippen LogP contribution in [0.5, 0.6) is 0 Å². The molecule has 1 aromatic rings. The van der Waals surface area contributed by atoms with Crippen LogP contribution in [0.4, 0.5) is 0 Å². The maximum Gasteiger partial charge on any atom is 0.212 e. The van der Waals surface area contributed by atoms with Crippen molar-refractivity contribution >= 4 is 5.78 Å². The van der Waals surface area contributed by atoms with E-state index in [1.165, 1.54) is 0 Å².